The molecule has 1 rings (SSSR count). The van der Waals surface area contributed by atoms with Gasteiger partial charge in [-0.05, 0) is 31.7 Å². The van der Waals surface area contributed by atoms with Gasteiger partial charge in [0.05, 0.1) is 6.10 Å². The van der Waals surface area contributed by atoms with E-state index in [-0.39, 0.29) is 12.7 Å². The van der Waals surface area contributed by atoms with Crippen LogP contribution in [0.25, 0.3) is 0 Å². The number of hydrogen-bond acceptors (Lipinski definition) is 2. The fourth-order valence-corrected chi connectivity index (χ4v) is 1.43. The molecule has 2 N–H and O–H groups in total. The van der Waals surface area contributed by atoms with E-state index in [1.807, 2.05) is 31.2 Å². The zero-order chi connectivity index (χ0) is 10.4. The number of aliphatic hydroxyl groups is 2. The van der Waals surface area contributed by atoms with Crippen LogP contribution in [-0.4, -0.2) is 22.9 Å². The Labute approximate surface area is 85.2 Å². The maximum absolute atomic E-state index is 9.59. The summed E-state index contributed by atoms with van der Waals surface area (Å²) in [6.07, 6.45) is 1.70. The van der Waals surface area contributed by atoms with Crippen LogP contribution in [0.3, 0.4) is 0 Å². The van der Waals surface area contributed by atoms with Gasteiger partial charge in [-0.2, -0.15) is 0 Å². The van der Waals surface area contributed by atoms with E-state index in [2.05, 4.69) is 0 Å². The van der Waals surface area contributed by atoms with E-state index in [1.54, 1.807) is 0 Å². The van der Waals surface area contributed by atoms with E-state index >= 15 is 0 Å². The largest absolute Gasteiger partial charge is 0.396 e. The molecule has 0 amide bonds. The second-order valence-corrected chi connectivity index (χ2v) is 3.71. The molecular formula is C12H18O2. The first kappa shape index (κ1) is 11.2. The van der Waals surface area contributed by atoms with Crippen molar-refractivity contribution in [2.45, 2.75) is 32.3 Å². The average molecular weight is 194 g/mol. The van der Waals surface area contributed by atoms with Crippen molar-refractivity contribution < 1.29 is 10.2 Å². The predicted octanol–water partition coefficient (Wildman–Crippen LogP) is 1.67. The Morgan fingerprint density at radius 1 is 1.21 bits per heavy atom. The van der Waals surface area contributed by atoms with Crippen LogP contribution in [-0.2, 0) is 6.42 Å². The van der Waals surface area contributed by atoms with Gasteiger partial charge in [-0.1, -0.05) is 29.8 Å². The summed E-state index contributed by atoms with van der Waals surface area (Å²) in [6.45, 7) is 2.21. The highest BCUT2D eigenvalue weighted by atomic mass is 16.3. The molecule has 0 aromatic heterocycles. The Bertz CT molecular complexity index is 254. The van der Waals surface area contributed by atoms with Gasteiger partial charge in [-0.3, -0.25) is 0 Å². The summed E-state index contributed by atoms with van der Waals surface area (Å²) < 4.78 is 0. The van der Waals surface area contributed by atoms with E-state index in [0.29, 0.717) is 19.3 Å². The minimum absolute atomic E-state index is 0.158. The number of benzene rings is 1. The number of rotatable bonds is 5. The Morgan fingerprint density at radius 3 is 2.43 bits per heavy atom. The summed E-state index contributed by atoms with van der Waals surface area (Å²) in [5.41, 5.74) is 2.39. The summed E-state index contributed by atoms with van der Waals surface area (Å²) in [5, 5.41) is 18.2. The van der Waals surface area contributed by atoms with Gasteiger partial charge in [0.2, 0.25) is 0 Å². The van der Waals surface area contributed by atoms with E-state index in [0.717, 1.165) is 5.56 Å². The summed E-state index contributed by atoms with van der Waals surface area (Å²) >= 11 is 0. The summed E-state index contributed by atoms with van der Waals surface area (Å²) in [7, 11) is 0. The van der Waals surface area contributed by atoms with Crippen LogP contribution in [0.2, 0.25) is 0 Å². The lowest BCUT2D eigenvalue weighted by Crippen LogP contribution is -2.10. The molecule has 0 saturated heterocycles. The first-order valence-electron chi connectivity index (χ1n) is 5.07. The van der Waals surface area contributed by atoms with Crippen molar-refractivity contribution in [3.05, 3.63) is 35.4 Å². The molecule has 0 radical (unpaired) electrons. The number of aryl methyl sites for hydroxylation is 1. The van der Waals surface area contributed by atoms with Crippen molar-refractivity contribution in [3.8, 4) is 0 Å². The minimum Gasteiger partial charge on any atom is -0.396 e. The quantitative estimate of drug-likeness (QED) is 0.748. The van der Waals surface area contributed by atoms with Gasteiger partial charge in [0, 0.05) is 6.61 Å². The summed E-state index contributed by atoms with van der Waals surface area (Å²) in [5.74, 6) is 0. The Hall–Kier alpha value is -0.860. The first-order chi connectivity index (χ1) is 6.72. The molecule has 1 unspecified atom stereocenters. The van der Waals surface area contributed by atoms with E-state index in [1.165, 1.54) is 5.56 Å². The van der Waals surface area contributed by atoms with Gasteiger partial charge in [-0.25, -0.2) is 0 Å². The lowest BCUT2D eigenvalue weighted by Gasteiger charge is -2.09. The van der Waals surface area contributed by atoms with Crippen LogP contribution >= 0.6 is 0 Å². The fraction of sp³-hybridized carbons (Fsp3) is 0.500. The molecule has 0 fully saturated rings. The van der Waals surface area contributed by atoms with Crippen LogP contribution in [0.5, 0.6) is 0 Å². The molecule has 1 atom stereocenters. The van der Waals surface area contributed by atoms with Crippen LogP contribution in [0, 0.1) is 6.92 Å². The molecular weight excluding hydrogens is 176 g/mol. The Balaban J connectivity index is 2.39. The molecule has 0 aliphatic rings. The van der Waals surface area contributed by atoms with Crippen molar-refractivity contribution in [2.24, 2.45) is 0 Å². The molecule has 0 spiro atoms. The van der Waals surface area contributed by atoms with E-state index in [4.69, 9.17) is 5.11 Å². The van der Waals surface area contributed by atoms with Crippen LogP contribution in [0.4, 0.5) is 0 Å². The highest BCUT2D eigenvalue weighted by Gasteiger charge is 2.04. The van der Waals surface area contributed by atoms with Gasteiger partial charge in [0.25, 0.3) is 0 Å². The van der Waals surface area contributed by atoms with Crippen molar-refractivity contribution in [1.82, 2.24) is 0 Å². The molecule has 78 valence electrons. The molecule has 0 heterocycles. The lowest BCUT2D eigenvalue weighted by atomic mass is 10.0. The summed E-state index contributed by atoms with van der Waals surface area (Å²) in [6, 6.07) is 8.18. The molecule has 2 nitrogen and oxygen atoms in total. The molecule has 14 heavy (non-hydrogen) atoms. The highest BCUT2D eigenvalue weighted by Crippen LogP contribution is 2.08. The number of aliphatic hydroxyl groups excluding tert-OH is 2. The normalized spacial score (nSPS) is 12.8. The standard InChI is InChI=1S/C12H18O2/c1-10-4-6-11(7-5-10)9-12(14)3-2-8-13/h4-7,12-14H,2-3,8-9H2,1H3. The second-order valence-electron chi connectivity index (χ2n) is 3.71. The Morgan fingerprint density at radius 2 is 1.86 bits per heavy atom. The van der Waals surface area contributed by atoms with Gasteiger partial charge in [0.1, 0.15) is 0 Å². The zero-order valence-corrected chi connectivity index (χ0v) is 8.61. The third-order valence-electron chi connectivity index (χ3n) is 2.29. The van der Waals surface area contributed by atoms with E-state index < -0.39 is 0 Å². The van der Waals surface area contributed by atoms with Crippen LogP contribution in [0.15, 0.2) is 24.3 Å². The van der Waals surface area contributed by atoms with Crippen LogP contribution < -0.4 is 0 Å². The predicted molar refractivity (Wildman–Crippen MR) is 57.2 cm³/mol. The van der Waals surface area contributed by atoms with E-state index in [9.17, 15) is 5.11 Å². The minimum atomic E-state index is -0.329. The second kappa shape index (κ2) is 5.78. The van der Waals surface area contributed by atoms with Gasteiger partial charge in [-0.15, -0.1) is 0 Å². The smallest absolute Gasteiger partial charge is 0.0581 e. The van der Waals surface area contributed by atoms with Gasteiger partial charge < -0.3 is 10.2 Å². The maximum Gasteiger partial charge on any atom is 0.0581 e. The van der Waals surface area contributed by atoms with Crippen molar-refractivity contribution >= 4 is 0 Å². The molecule has 1 aromatic carbocycles. The third kappa shape index (κ3) is 3.90. The SMILES string of the molecule is Cc1ccc(CC(O)CCCO)cc1. The molecule has 0 bridgehead atoms. The molecule has 2 heteroatoms. The highest BCUT2D eigenvalue weighted by molar-refractivity contribution is 5.21. The van der Waals surface area contributed by atoms with Crippen molar-refractivity contribution in [3.63, 3.8) is 0 Å². The monoisotopic (exact) mass is 194 g/mol. The maximum atomic E-state index is 9.59. The van der Waals surface area contributed by atoms with Gasteiger partial charge in [0.15, 0.2) is 0 Å². The Kier molecular flexibility index (Phi) is 4.63. The molecule has 0 saturated carbocycles. The molecule has 0 aliphatic heterocycles. The van der Waals surface area contributed by atoms with Crippen LogP contribution in [0.1, 0.15) is 24.0 Å². The summed E-state index contributed by atoms with van der Waals surface area (Å²) in [4.78, 5) is 0. The topological polar surface area (TPSA) is 40.5 Å². The fourth-order valence-electron chi connectivity index (χ4n) is 1.43. The van der Waals surface area contributed by atoms with Gasteiger partial charge >= 0.3 is 0 Å². The molecule has 0 aliphatic carbocycles. The molecule has 1 aromatic rings. The van der Waals surface area contributed by atoms with Crippen molar-refractivity contribution in [2.75, 3.05) is 6.61 Å². The number of hydrogen-bond donors (Lipinski definition) is 2. The third-order valence-corrected chi connectivity index (χ3v) is 2.29. The van der Waals surface area contributed by atoms with Crippen molar-refractivity contribution in [1.29, 1.82) is 0 Å². The lowest BCUT2D eigenvalue weighted by molar-refractivity contribution is 0.150. The zero-order valence-electron chi connectivity index (χ0n) is 8.61. The average Bonchev–Trinajstić information content (AvgIpc) is 2.18. The first-order valence-corrected chi connectivity index (χ1v) is 5.07.